The maximum atomic E-state index is 6.35. The van der Waals surface area contributed by atoms with Gasteiger partial charge in [-0.25, -0.2) is 0 Å². The predicted octanol–water partition coefficient (Wildman–Crippen LogP) is 3.71. The molecule has 19 heavy (non-hydrogen) atoms. The van der Waals surface area contributed by atoms with E-state index in [0.717, 1.165) is 24.0 Å². The summed E-state index contributed by atoms with van der Waals surface area (Å²) in [5, 5.41) is 0. The third-order valence-corrected chi connectivity index (χ3v) is 14.2. The van der Waals surface area contributed by atoms with Crippen LogP contribution in [0.5, 0.6) is 0 Å². The molecular formula is C14H29O4Ti. The van der Waals surface area contributed by atoms with E-state index >= 15 is 0 Å². The summed E-state index contributed by atoms with van der Waals surface area (Å²) in [4.78, 5) is 0. The summed E-state index contributed by atoms with van der Waals surface area (Å²) in [5.74, 6) is 0. The molecule has 5 heteroatoms. The molecule has 3 atom stereocenters. The summed E-state index contributed by atoms with van der Waals surface area (Å²) < 4.78 is 26.1. The van der Waals surface area contributed by atoms with E-state index in [4.69, 9.17) is 14.7 Å². The molecule has 1 aliphatic heterocycles. The molecule has 0 radical (unpaired) electrons. The molecule has 1 saturated heterocycles. The number of epoxide rings is 1. The van der Waals surface area contributed by atoms with Crippen molar-refractivity contribution < 1.29 is 31.2 Å². The summed E-state index contributed by atoms with van der Waals surface area (Å²) in [7, 11) is 0. The van der Waals surface area contributed by atoms with E-state index < -0.39 is 16.5 Å². The number of hydrogen-bond donors (Lipinski definition) is 0. The van der Waals surface area contributed by atoms with E-state index in [0.29, 0.717) is 36.3 Å². The molecule has 3 unspecified atom stereocenters. The molecule has 0 aromatic rings. The van der Waals surface area contributed by atoms with Crippen molar-refractivity contribution in [3.63, 3.8) is 0 Å². The van der Waals surface area contributed by atoms with E-state index in [1.165, 1.54) is 0 Å². The summed E-state index contributed by atoms with van der Waals surface area (Å²) in [6.07, 6.45) is 4.29. The molecular weight excluding hydrogens is 280 g/mol. The second-order valence-electron chi connectivity index (χ2n) is 5.62. The van der Waals surface area contributed by atoms with Crippen LogP contribution in [0.15, 0.2) is 0 Å². The molecule has 0 N–H and O–H groups in total. The van der Waals surface area contributed by atoms with Gasteiger partial charge in [0.1, 0.15) is 0 Å². The van der Waals surface area contributed by atoms with Crippen LogP contribution < -0.4 is 0 Å². The van der Waals surface area contributed by atoms with Crippen LogP contribution in [0.25, 0.3) is 0 Å². The SMILES string of the molecule is CC[O][Ti]([CH2]C)([O]CC)([O]CC)[CH]1CCC2OC2C1. The van der Waals surface area contributed by atoms with E-state index in [9.17, 15) is 0 Å². The molecule has 1 saturated carbocycles. The topological polar surface area (TPSA) is 40.2 Å². The first-order chi connectivity index (χ1) is 9.13. The first kappa shape index (κ1) is 15.9. The van der Waals surface area contributed by atoms with Gasteiger partial charge in [0.25, 0.3) is 0 Å². The molecule has 1 heterocycles. The third-order valence-electron chi connectivity index (χ3n) is 4.77. The predicted molar refractivity (Wildman–Crippen MR) is 71.6 cm³/mol. The van der Waals surface area contributed by atoms with Crippen LogP contribution in [-0.2, 0) is 31.2 Å². The van der Waals surface area contributed by atoms with Crippen molar-refractivity contribution in [3.8, 4) is 0 Å². The molecule has 113 valence electrons. The Morgan fingerprint density at radius 2 is 1.47 bits per heavy atom. The summed E-state index contributed by atoms with van der Waals surface area (Å²) in [6.45, 7) is 10.4. The monoisotopic (exact) mass is 309 g/mol. The van der Waals surface area contributed by atoms with Gasteiger partial charge in [-0.1, -0.05) is 0 Å². The number of fused-ring (bicyclic) bond motifs is 1. The van der Waals surface area contributed by atoms with Crippen molar-refractivity contribution >= 4 is 0 Å². The normalized spacial score (nSPS) is 32.4. The Labute approximate surface area is 119 Å². The van der Waals surface area contributed by atoms with Gasteiger partial charge in [0.15, 0.2) is 0 Å². The zero-order valence-corrected chi connectivity index (χ0v) is 14.4. The molecule has 4 nitrogen and oxygen atoms in total. The Bertz CT molecular complexity index is 290. The average Bonchev–Trinajstić information content (AvgIpc) is 3.18. The van der Waals surface area contributed by atoms with Crippen LogP contribution in [0.4, 0.5) is 0 Å². The van der Waals surface area contributed by atoms with Gasteiger partial charge in [-0.3, -0.25) is 0 Å². The van der Waals surface area contributed by atoms with Crippen molar-refractivity contribution in [2.45, 2.75) is 68.1 Å². The van der Waals surface area contributed by atoms with Gasteiger partial charge in [0.2, 0.25) is 0 Å². The first-order valence-corrected chi connectivity index (χ1v) is 11.8. The fraction of sp³-hybridized carbons (Fsp3) is 1.00. The van der Waals surface area contributed by atoms with Crippen LogP contribution in [0.2, 0.25) is 8.95 Å². The third kappa shape index (κ3) is 2.81. The van der Waals surface area contributed by atoms with Gasteiger partial charge < -0.3 is 0 Å². The number of rotatable bonds is 8. The van der Waals surface area contributed by atoms with Crippen LogP contribution in [0.3, 0.4) is 0 Å². The van der Waals surface area contributed by atoms with Crippen molar-refractivity contribution in [3.05, 3.63) is 0 Å². The zero-order chi connectivity index (χ0) is 14.0. The van der Waals surface area contributed by atoms with Gasteiger partial charge in [-0.05, 0) is 0 Å². The standard InChI is InChI=1S/C6H9O.3C2H5O.C2H5.Ti/c1-2-4-6-5(3-1)7-6;3*1-2-3;1-2;/h1,5-6H,2-4H2;3*2H2,1H3;1H2,2H3;/q;3*-1;;+3. The Morgan fingerprint density at radius 1 is 0.895 bits per heavy atom. The van der Waals surface area contributed by atoms with Crippen molar-refractivity contribution in [2.24, 2.45) is 0 Å². The van der Waals surface area contributed by atoms with Gasteiger partial charge >= 0.3 is 119 Å². The molecule has 0 bridgehead atoms. The Hall–Kier alpha value is 0.554. The van der Waals surface area contributed by atoms with E-state index in [1.54, 1.807) is 0 Å². The van der Waals surface area contributed by atoms with Crippen LogP contribution in [0.1, 0.15) is 47.0 Å². The van der Waals surface area contributed by atoms with E-state index in [-0.39, 0.29) is 0 Å². The van der Waals surface area contributed by atoms with Gasteiger partial charge in [-0.15, -0.1) is 0 Å². The minimum absolute atomic E-state index is 0.436. The molecule has 0 aromatic heterocycles. The quantitative estimate of drug-likeness (QED) is 0.506. The average molecular weight is 309 g/mol. The molecule has 0 spiro atoms. The van der Waals surface area contributed by atoms with Crippen LogP contribution in [-0.4, -0.2) is 32.0 Å². The molecule has 2 aliphatic rings. The summed E-state index contributed by atoms with van der Waals surface area (Å²) >= 11 is -3.81. The van der Waals surface area contributed by atoms with Gasteiger partial charge in [-0.2, -0.15) is 0 Å². The Balaban J connectivity index is 2.27. The minimum atomic E-state index is -3.81. The molecule has 0 aromatic carbocycles. The van der Waals surface area contributed by atoms with E-state index in [1.807, 2.05) is 0 Å². The van der Waals surface area contributed by atoms with Gasteiger partial charge in [0.05, 0.1) is 0 Å². The second-order valence-corrected chi connectivity index (χ2v) is 13.2. The fourth-order valence-corrected chi connectivity index (χ4v) is 12.3. The molecule has 0 amide bonds. The fourth-order valence-electron chi connectivity index (χ4n) is 3.89. The maximum absolute atomic E-state index is 6.35. The summed E-state index contributed by atoms with van der Waals surface area (Å²) in [5.41, 5.74) is 0. The van der Waals surface area contributed by atoms with E-state index in [2.05, 4.69) is 27.7 Å². The van der Waals surface area contributed by atoms with Crippen molar-refractivity contribution in [1.29, 1.82) is 0 Å². The molecule has 1 aliphatic carbocycles. The van der Waals surface area contributed by atoms with Crippen LogP contribution >= 0.6 is 0 Å². The van der Waals surface area contributed by atoms with Crippen molar-refractivity contribution in [1.82, 2.24) is 0 Å². The molecule has 2 rings (SSSR count). The molecule has 2 fully saturated rings. The number of hydrogen-bond acceptors (Lipinski definition) is 4. The summed E-state index contributed by atoms with van der Waals surface area (Å²) in [6, 6.07) is 0. The zero-order valence-electron chi connectivity index (χ0n) is 12.8. The Kier molecular flexibility index (Phi) is 5.14. The first-order valence-electron chi connectivity index (χ1n) is 7.89. The second kappa shape index (κ2) is 6.12. The van der Waals surface area contributed by atoms with Crippen molar-refractivity contribution in [2.75, 3.05) is 19.8 Å². The van der Waals surface area contributed by atoms with Gasteiger partial charge in [0, 0.05) is 0 Å². The Morgan fingerprint density at radius 3 is 1.89 bits per heavy atom. The van der Waals surface area contributed by atoms with Crippen LogP contribution in [0, 0.1) is 0 Å². The number of ether oxygens (including phenoxy) is 1.